The lowest BCUT2D eigenvalue weighted by Crippen LogP contribution is -2.38. The topological polar surface area (TPSA) is 49.4 Å². The fraction of sp³-hybridized carbons (Fsp3) is 0.727. The van der Waals surface area contributed by atoms with Crippen molar-refractivity contribution in [3.05, 3.63) is 29.3 Å². The Labute approximate surface area is 170 Å². The summed E-state index contributed by atoms with van der Waals surface area (Å²) in [5, 5.41) is 0. The number of aryl methyl sites for hydroxylation is 1. The van der Waals surface area contributed by atoms with E-state index in [9.17, 15) is 0 Å². The molecule has 0 spiro atoms. The third-order valence-corrected chi connectivity index (χ3v) is 4.67. The van der Waals surface area contributed by atoms with Crippen LogP contribution >= 0.6 is 0 Å². The molecule has 0 N–H and O–H groups in total. The Bertz CT molecular complexity index is 532. The second-order valence-corrected chi connectivity index (χ2v) is 7.34. The molecule has 1 fully saturated rings. The SMILES string of the molecule is Cc1ccc(OCCOCCOCCOCCN2CCOCC2)c(C(C)C)c1. The molecule has 0 aliphatic carbocycles. The Kier molecular flexibility index (Phi) is 11.5. The smallest absolute Gasteiger partial charge is 0.122 e. The van der Waals surface area contributed by atoms with E-state index in [1.54, 1.807) is 0 Å². The van der Waals surface area contributed by atoms with Crippen molar-refractivity contribution in [2.75, 3.05) is 79.1 Å². The van der Waals surface area contributed by atoms with E-state index < -0.39 is 0 Å². The van der Waals surface area contributed by atoms with Crippen LogP contribution in [0.25, 0.3) is 0 Å². The minimum Gasteiger partial charge on any atom is -0.491 e. The summed E-state index contributed by atoms with van der Waals surface area (Å²) in [6, 6.07) is 6.32. The zero-order valence-electron chi connectivity index (χ0n) is 17.8. The van der Waals surface area contributed by atoms with Crippen molar-refractivity contribution in [2.45, 2.75) is 26.7 Å². The molecule has 1 aromatic carbocycles. The highest BCUT2D eigenvalue weighted by molar-refractivity contribution is 5.38. The number of hydrogen-bond donors (Lipinski definition) is 0. The first-order valence-corrected chi connectivity index (χ1v) is 10.4. The lowest BCUT2D eigenvalue weighted by Gasteiger charge is -2.26. The number of benzene rings is 1. The molecule has 1 aliphatic heterocycles. The van der Waals surface area contributed by atoms with Gasteiger partial charge in [0, 0.05) is 19.6 Å². The van der Waals surface area contributed by atoms with Gasteiger partial charge in [-0.15, -0.1) is 0 Å². The molecular weight excluding hydrogens is 358 g/mol. The minimum absolute atomic E-state index is 0.445. The molecule has 1 saturated heterocycles. The van der Waals surface area contributed by atoms with Crippen molar-refractivity contribution in [3.8, 4) is 5.75 Å². The normalized spacial score (nSPS) is 15.3. The summed E-state index contributed by atoms with van der Waals surface area (Å²) >= 11 is 0. The molecule has 2 rings (SSSR count). The fourth-order valence-corrected chi connectivity index (χ4v) is 3.02. The maximum atomic E-state index is 5.88. The average Bonchev–Trinajstić information content (AvgIpc) is 2.70. The number of rotatable bonds is 14. The molecular formula is C22H37NO5. The van der Waals surface area contributed by atoms with Crippen molar-refractivity contribution < 1.29 is 23.7 Å². The van der Waals surface area contributed by atoms with Crippen LogP contribution in [0.4, 0.5) is 0 Å². The number of ether oxygens (including phenoxy) is 5. The quantitative estimate of drug-likeness (QED) is 0.452. The van der Waals surface area contributed by atoms with Gasteiger partial charge in [0.15, 0.2) is 0 Å². The maximum absolute atomic E-state index is 5.88. The lowest BCUT2D eigenvalue weighted by atomic mass is 10.00. The van der Waals surface area contributed by atoms with Gasteiger partial charge in [-0.05, 0) is 24.5 Å². The van der Waals surface area contributed by atoms with E-state index in [4.69, 9.17) is 23.7 Å². The van der Waals surface area contributed by atoms with Crippen LogP contribution in [-0.2, 0) is 18.9 Å². The minimum atomic E-state index is 0.445. The van der Waals surface area contributed by atoms with Crippen LogP contribution in [0.1, 0.15) is 30.9 Å². The number of nitrogens with zero attached hydrogens (tertiary/aromatic N) is 1. The first-order valence-electron chi connectivity index (χ1n) is 10.4. The molecule has 1 heterocycles. The molecule has 1 aliphatic rings. The van der Waals surface area contributed by atoms with Gasteiger partial charge in [-0.2, -0.15) is 0 Å². The highest BCUT2D eigenvalue weighted by Gasteiger charge is 2.09. The molecule has 0 amide bonds. The van der Waals surface area contributed by atoms with E-state index >= 15 is 0 Å². The molecule has 0 saturated carbocycles. The Morgan fingerprint density at radius 1 is 0.893 bits per heavy atom. The predicted octanol–water partition coefficient (Wildman–Crippen LogP) is 2.88. The van der Waals surface area contributed by atoms with Gasteiger partial charge >= 0.3 is 0 Å². The number of morpholine rings is 1. The van der Waals surface area contributed by atoms with Gasteiger partial charge in [-0.3, -0.25) is 4.90 Å². The Morgan fingerprint density at radius 2 is 1.50 bits per heavy atom. The van der Waals surface area contributed by atoms with Crippen molar-refractivity contribution >= 4 is 0 Å². The van der Waals surface area contributed by atoms with Crippen LogP contribution in [0, 0.1) is 6.92 Å². The van der Waals surface area contributed by atoms with Crippen LogP contribution < -0.4 is 4.74 Å². The Hall–Kier alpha value is -1.18. The van der Waals surface area contributed by atoms with Gasteiger partial charge in [-0.25, -0.2) is 0 Å². The highest BCUT2D eigenvalue weighted by Crippen LogP contribution is 2.27. The zero-order valence-corrected chi connectivity index (χ0v) is 17.8. The van der Waals surface area contributed by atoms with E-state index in [0.717, 1.165) is 45.2 Å². The van der Waals surface area contributed by atoms with Crippen molar-refractivity contribution in [1.82, 2.24) is 4.90 Å². The largest absolute Gasteiger partial charge is 0.491 e. The van der Waals surface area contributed by atoms with Gasteiger partial charge in [0.05, 0.1) is 52.9 Å². The van der Waals surface area contributed by atoms with Gasteiger partial charge in [-0.1, -0.05) is 31.5 Å². The summed E-state index contributed by atoms with van der Waals surface area (Å²) in [5.41, 5.74) is 2.51. The molecule has 0 aromatic heterocycles. The van der Waals surface area contributed by atoms with Crippen molar-refractivity contribution in [1.29, 1.82) is 0 Å². The van der Waals surface area contributed by atoms with Crippen LogP contribution in [0.2, 0.25) is 0 Å². The Balaban J connectivity index is 1.40. The molecule has 1 aromatic rings. The van der Waals surface area contributed by atoms with Gasteiger partial charge in [0.1, 0.15) is 12.4 Å². The first kappa shape index (κ1) is 23.1. The van der Waals surface area contributed by atoms with E-state index in [0.29, 0.717) is 45.6 Å². The third-order valence-electron chi connectivity index (χ3n) is 4.67. The number of hydrogen-bond acceptors (Lipinski definition) is 6. The summed E-state index contributed by atoms with van der Waals surface area (Å²) in [4.78, 5) is 2.36. The molecule has 28 heavy (non-hydrogen) atoms. The van der Waals surface area contributed by atoms with Crippen LogP contribution in [0.5, 0.6) is 5.75 Å². The van der Waals surface area contributed by atoms with Gasteiger partial charge in [0.25, 0.3) is 0 Å². The molecule has 6 heteroatoms. The summed E-state index contributed by atoms with van der Waals surface area (Å²) in [6.07, 6.45) is 0. The maximum Gasteiger partial charge on any atom is 0.122 e. The second kappa shape index (κ2) is 13.9. The van der Waals surface area contributed by atoms with Crippen LogP contribution in [0.15, 0.2) is 18.2 Å². The summed E-state index contributed by atoms with van der Waals surface area (Å²) in [6.45, 7) is 15.3. The summed E-state index contributed by atoms with van der Waals surface area (Å²) in [5.74, 6) is 1.40. The van der Waals surface area contributed by atoms with E-state index in [2.05, 4.69) is 37.8 Å². The van der Waals surface area contributed by atoms with E-state index in [-0.39, 0.29) is 0 Å². The van der Waals surface area contributed by atoms with Crippen LogP contribution in [-0.4, -0.2) is 84.0 Å². The molecule has 0 radical (unpaired) electrons. The van der Waals surface area contributed by atoms with Gasteiger partial charge in [0.2, 0.25) is 0 Å². The summed E-state index contributed by atoms with van der Waals surface area (Å²) in [7, 11) is 0. The predicted molar refractivity (Wildman–Crippen MR) is 110 cm³/mol. The average molecular weight is 396 g/mol. The first-order chi connectivity index (χ1) is 13.7. The third kappa shape index (κ3) is 9.34. The molecule has 6 nitrogen and oxygen atoms in total. The van der Waals surface area contributed by atoms with Gasteiger partial charge < -0.3 is 23.7 Å². The van der Waals surface area contributed by atoms with E-state index in [1.165, 1.54) is 11.1 Å². The molecule has 0 unspecified atom stereocenters. The summed E-state index contributed by atoms with van der Waals surface area (Å²) < 4.78 is 27.9. The standard InChI is InChI=1S/C22H37NO5/c1-19(2)21-18-20(3)4-5-22(21)28-17-16-27-15-14-26-13-12-25-11-8-23-6-9-24-10-7-23/h4-5,18-19H,6-17H2,1-3H3. The molecule has 160 valence electrons. The zero-order chi connectivity index (χ0) is 20.0. The Morgan fingerprint density at radius 3 is 2.14 bits per heavy atom. The van der Waals surface area contributed by atoms with Crippen molar-refractivity contribution in [2.24, 2.45) is 0 Å². The van der Waals surface area contributed by atoms with Crippen molar-refractivity contribution in [3.63, 3.8) is 0 Å². The molecule has 0 atom stereocenters. The monoisotopic (exact) mass is 395 g/mol. The second-order valence-electron chi connectivity index (χ2n) is 7.34. The lowest BCUT2D eigenvalue weighted by molar-refractivity contribution is -0.00453. The van der Waals surface area contributed by atoms with E-state index in [1.807, 2.05) is 6.07 Å². The fourth-order valence-electron chi connectivity index (χ4n) is 3.02. The highest BCUT2D eigenvalue weighted by atomic mass is 16.6. The van der Waals surface area contributed by atoms with Crippen LogP contribution in [0.3, 0.4) is 0 Å². The molecule has 0 bridgehead atoms.